The van der Waals surface area contributed by atoms with Gasteiger partial charge < -0.3 is 5.32 Å². The molecule has 1 unspecified atom stereocenters. The summed E-state index contributed by atoms with van der Waals surface area (Å²) in [6, 6.07) is 20.0. The quantitative estimate of drug-likeness (QED) is 0.816. The Kier molecular flexibility index (Phi) is 5.69. The fourth-order valence-corrected chi connectivity index (χ4v) is 2.88. The van der Waals surface area contributed by atoms with Gasteiger partial charge in [0.1, 0.15) is 0 Å². The van der Waals surface area contributed by atoms with Crippen LogP contribution in [0, 0.1) is 0 Å². The van der Waals surface area contributed by atoms with Crippen LogP contribution in [-0.4, -0.2) is 11.2 Å². The summed E-state index contributed by atoms with van der Waals surface area (Å²) < 4.78 is 0. The molecule has 0 heterocycles. The molecule has 0 aromatic heterocycles. The number of amides is 1. The highest BCUT2D eigenvalue weighted by molar-refractivity contribution is 8.00. The van der Waals surface area contributed by atoms with E-state index in [1.165, 1.54) is 0 Å². The molecule has 2 nitrogen and oxygen atoms in total. The monoisotopic (exact) mass is 285 g/mol. The molecule has 20 heavy (non-hydrogen) atoms. The van der Waals surface area contributed by atoms with Gasteiger partial charge in [-0.25, -0.2) is 0 Å². The molecule has 0 aliphatic heterocycles. The topological polar surface area (TPSA) is 29.1 Å². The van der Waals surface area contributed by atoms with Crippen molar-refractivity contribution in [3.05, 3.63) is 66.2 Å². The van der Waals surface area contributed by atoms with E-state index in [0.717, 1.165) is 16.9 Å². The Morgan fingerprint density at radius 3 is 2.25 bits per heavy atom. The Morgan fingerprint density at radius 1 is 1.05 bits per heavy atom. The van der Waals surface area contributed by atoms with Gasteiger partial charge >= 0.3 is 0 Å². The van der Waals surface area contributed by atoms with Crippen molar-refractivity contribution in [3.8, 4) is 0 Å². The van der Waals surface area contributed by atoms with Gasteiger partial charge in [-0.05, 0) is 24.1 Å². The minimum absolute atomic E-state index is 0.0406. The number of carbonyl (C=O) groups is 1. The lowest BCUT2D eigenvalue weighted by Gasteiger charge is -2.14. The second-order valence-electron chi connectivity index (χ2n) is 4.53. The lowest BCUT2D eigenvalue weighted by atomic mass is 10.2. The number of hydrogen-bond donors (Lipinski definition) is 1. The Labute approximate surface area is 124 Å². The van der Waals surface area contributed by atoms with Crippen molar-refractivity contribution < 1.29 is 4.79 Å². The normalized spacial score (nSPS) is 11.8. The van der Waals surface area contributed by atoms with Crippen molar-refractivity contribution in [3.63, 3.8) is 0 Å². The number of rotatable bonds is 6. The van der Waals surface area contributed by atoms with Gasteiger partial charge in [0.2, 0.25) is 5.91 Å². The molecule has 2 aromatic rings. The first kappa shape index (κ1) is 14.7. The molecule has 2 rings (SSSR count). The Morgan fingerprint density at radius 2 is 1.65 bits per heavy atom. The van der Waals surface area contributed by atoms with E-state index < -0.39 is 0 Å². The summed E-state index contributed by atoms with van der Waals surface area (Å²) in [5.74, 6) is 0.102. The van der Waals surface area contributed by atoms with Gasteiger partial charge in [-0.3, -0.25) is 4.79 Å². The van der Waals surface area contributed by atoms with E-state index in [0.29, 0.717) is 6.54 Å². The van der Waals surface area contributed by atoms with E-state index in [-0.39, 0.29) is 11.2 Å². The average Bonchev–Trinajstić information content (AvgIpc) is 2.52. The number of nitrogens with one attached hydrogen (secondary N) is 1. The maximum absolute atomic E-state index is 12.2. The molecular formula is C17H19NOS. The van der Waals surface area contributed by atoms with Crippen LogP contribution in [0.4, 0.5) is 0 Å². The third kappa shape index (κ3) is 4.42. The van der Waals surface area contributed by atoms with Crippen LogP contribution in [0.15, 0.2) is 65.6 Å². The molecule has 0 bridgehead atoms. The highest BCUT2D eigenvalue weighted by Gasteiger charge is 2.17. The molecule has 1 atom stereocenters. The van der Waals surface area contributed by atoms with Crippen molar-refractivity contribution in [2.45, 2.75) is 30.0 Å². The molecule has 3 heteroatoms. The number of benzene rings is 2. The highest BCUT2D eigenvalue weighted by Crippen LogP contribution is 2.25. The Balaban J connectivity index is 1.89. The molecule has 0 radical (unpaired) electrons. The van der Waals surface area contributed by atoms with E-state index in [2.05, 4.69) is 5.32 Å². The second-order valence-corrected chi connectivity index (χ2v) is 5.81. The zero-order valence-corrected chi connectivity index (χ0v) is 12.4. The Hall–Kier alpha value is -1.74. The van der Waals surface area contributed by atoms with E-state index in [9.17, 15) is 4.79 Å². The van der Waals surface area contributed by atoms with E-state index >= 15 is 0 Å². The van der Waals surface area contributed by atoms with Crippen LogP contribution >= 0.6 is 11.8 Å². The van der Waals surface area contributed by atoms with Crippen LogP contribution in [0.1, 0.15) is 18.9 Å². The maximum Gasteiger partial charge on any atom is 0.233 e. The minimum atomic E-state index is -0.0406. The van der Waals surface area contributed by atoms with Gasteiger partial charge in [0.25, 0.3) is 0 Å². The second kappa shape index (κ2) is 7.75. The Bertz CT molecular complexity index is 527. The predicted octanol–water partition coefficient (Wildman–Crippen LogP) is 3.87. The highest BCUT2D eigenvalue weighted by atomic mass is 32.2. The third-order valence-corrected chi connectivity index (χ3v) is 4.37. The lowest BCUT2D eigenvalue weighted by molar-refractivity contribution is -0.120. The smallest absolute Gasteiger partial charge is 0.233 e. The summed E-state index contributed by atoms with van der Waals surface area (Å²) in [5.41, 5.74) is 1.13. The van der Waals surface area contributed by atoms with Gasteiger partial charge in [0.05, 0.1) is 5.25 Å². The fourth-order valence-electron chi connectivity index (χ4n) is 1.88. The lowest BCUT2D eigenvalue weighted by Crippen LogP contribution is -2.31. The van der Waals surface area contributed by atoms with Crippen molar-refractivity contribution in [1.29, 1.82) is 0 Å². The SMILES string of the molecule is CCC(Sc1ccccc1)C(=O)NCc1ccccc1. The zero-order chi connectivity index (χ0) is 14.2. The first-order valence-electron chi connectivity index (χ1n) is 6.83. The van der Waals surface area contributed by atoms with E-state index in [1.807, 2.05) is 67.6 Å². The summed E-state index contributed by atoms with van der Waals surface area (Å²) >= 11 is 1.62. The molecule has 0 saturated heterocycles. The molecule has 104 valence electrons. The van der Waals surface area contributed by atoms with Crippen molar-refractivity contribution in [1.82, 2.24) is 5.32 Å². The summed E-state index contributed by atoms with van der Waals surface area (Å²) in [5, 5.41) is 2.97. The fraction of sp³-hybridized carbons (Fsp3) is 0.235. The van der Waals surface area contributed by atoms with Crippen LogP contribution in [0.3, 0.4) is 0 Å². The summed E-state index contributed by atoms with van der Waals surface area (Å²) in [7, 11) is 0. The molecule has 1 amide bonds. The van der Waals surface area contributed by atoms with E-state index in [4.69, 9.17) is 0 Å². The molecule has 2 aromatic carbocycles. The standard InChI is InChI=1S/C17H19NOS/c1-2-16(20-15-11-7-4-8-12-15)17(19)18-13-14-9-5-3-6-10-14/h3-12,16H,2,13H2,1H3,(H,18,19). The number of thioether (sulfide) groups is 1. The van der Waals surface area contributed by atoms with Crippen LogP contribution < -0.4 is 5.32 Å². The largest absolute Gasteiger partial charge is 0.351 e. The van der Waals surface area contributed by atoms with Crippen molar-refractivity contribution in [2.24, 2.45) is 0 Å². The maximum atomic E-state index is 12.2. The molecule has 0 aliphatic carbocycles. The van der Waals surface area contributed by atoms with Gasteiger partial charge in [-0.2, -0.15) is 0 Å². The molecule has 0 saturated carbocycles. The predicted molar refractivity (Wildman–Crippen MR) is 84.7 cm³/mol. The molecule has 1 N–H and O–H groups in total. The molecule has 0 aliphatic rings. The zero-order valence-electron chi connectivity index (χ0n) is 11.6. The van der Waals surface area contributed by atoms with E-state index in [1.54, 1.807) is 11.8 Å². The number of hydrogen-bond acceptors (Lipinski definition) is 2. The van der Waals surface area contributed by atoms with Crippen LogP contribution in [0.25, 0.3) is 0 Å². The summed E-state index contributed by atoms with van der Waals surface area (Å²) in [6.45, 7) is 2.63. The molecule has 0 fully saturated rings. The first-order valence-corrected chi connectivity index (χ1v) is 7.71. The minimum Gasteiger partial charge on any atom is -0.351 e. The van der Waals surface area contributed by atoms with Crippen LogP contribution in [-0.2, 0) is 11.3 Å². The molecule has 0 spiro atoms. The average molecular weight is 285 g/mol. The summed E-state index contributed by atoms with van der Waals surface area (Å²) in [4.78, 5) is 13.4. The van der Waals surface area contributed by atoms with Crippen molar-refractivity contribution >= 4 is 17.7 Å². The first-order chi connectivity index (χ1) is 9.79. The molecular weight excluding hydrogens is 266 g/mol. The van der Waals surface area contributed by atoms with Gasteiger partial charge in [0.15, 0.2) is 0 Å². The van der Waals surface area contributed by atoms with Gasteiger partial charge in [0, 0.05) is 11.4 Å². The van der Waals surface area contributed by atoms with Crippen LogP contribution in [0.5, 0.6) is 0 Å². The van der Waals surface area contributed by atoms with Gasteiger partial charge in [-0.15, -0.1) is 11.8 Å². The van der Waals surface area contributed by atoms with Gasteiger partial charge in [-0.1, -0.05) is 55.5 Å². The van der Waals surface area contributed by atoms with Crippen LogP contribution in [0.2, 0.25) is 0 Å². The third-order valence-electron chi connectivity index (χ3n) is 2.99. The number of carbonyl (C=O) groups excluding carboxylic acids is 1. The van der Waals surface area contributed by atoms with Crippen molar-refractivity contribution in [2.75, 3.05) is 0 Å². The summed E-state index contributed by atoms with van der Waals surface area (Å²) in [6.07, 6.45) is 0.820.